The molecule has 0 bridgehead atoms. The van der Waals surface area contributed by atoms with Gasteiger partial charge in [0.15, 0.2) is 16.5 Å². The molecule has 0 aliphatic carbocycles. The van der Waals surface area contributed by atoms with Crippen LogP contribution in [0, 0.1) is 11.6 Å². The van der Waals surface area contributed by atoms with Crippen LogP contribution in [-0.4, -0.2) is 67.4 Å². The van der Waals surface area contributed by atoms with Gasteiger partial charge in [-0.2, -0.15) is 0 Å². The molecule has 15 heteroatoms. The molecule has 192 valence electrons. The highest BCUT2D eigenvalue weighted by molar-refractivity contribution is 7.93. The van der Waals surface area contributed by atoms with Gasteiger partial charge >= 0.3 is 12.2 Å². The van der Waals surface area contributed by atoms with Crippen molar-refractivity contribution in [3.8, 4) is 0 Å². The number of ether oxygens (including phenoxy) is 1. The van der Waals surface area contributed by atoms with E-state index in [9.17, 15) is 18.0 Å². The van der Waals surface area contributed by atoms with Gasteiger partial charge < -0.3 is 19.6 Å². The number of thiazole rings is 1. The Kier molecular flexibility index (Phi) is 7.48. The lowest BCUT2D eigenvalue weighted by atomic mass is 10.2. The zero-order valence-electron chi connectivity index (χ0n) is 19.2. The van der Waals surface area contributed by atoms with Gasteiger partial charge in [0.2, 0.25) is 0 Å². The normalized spacial score (nSPS) is 16.3. The van der Waals surface area contributed by atoms with E-state index in [0.29, 0.717) is 6.42 Å². The number of carbonyl (C=O) groups excluding carboxylic acids is 1. The summed E-state index contributed by atoms with van der Waals surface area (Å²) in [6.07, 6.45) is -2.16. The van der Waals surface area contributed by atoms with Crippen LogP contribution in [0.25, 0.3) is 0 Å². The number of benzene rings is 1. The maximum Gasteiger partial charge on any atom is 0.430 e. The second-order valence-electron chi connectivity index (χ2n) is 8.71. The van der Waals surface area contributed by atoms with E-state index in [0.717, 1.165) is 22.3 Å². The number of halogens is 3. The van der Waals surface area contributed by atoms with Crippen LogP contribution in [0.15, 0.2) is 21.9 Å². The lowest BCUT2D eigenvalue weighted by molar-refractivity contribution is 0.0608. The summed E-state index contributed by atoms with van der Waals surface area (Å²) in [5, 5.41) is 9.64. The third-order valence-corrected chi connectivity index (χ3v) is 7.78. The molecule has 0 saturated carbocycles. The minimum atomic E-state index is -5.20. The van der Waals surface area contributed by atoms with Crippen molar-refractivity contribution in [1.82, 2.24) is 9.88 Å². The zero-order valence-corrected chi connectivity index (χ0v) is 21.5. The molecular weight excluding hydrogens is 530 g/mol. The summed E-state index contributed by atoms with van der Waals surface area (Å²) in [5.74, 6) is -3.50. The number of aromatic nitrogens is 1. The molecule has 1 aromatic carbocycles. The first-order chi connectivity index (χ1) is 16.1. The van der Waals surface area contributed by atoms with Crippen molar-refractivity contribution in [3.63, 3.8) is 0 Å². The Morgan fingerprint density at radius 3 is 2.51 bits per heavy atom. The molecule has 0 unspecified atom stereocenters. The van der Waals surface area contributed by atoms with Crippen molar-refractivity contribution in [2.75, 3.05) is 29.3 Å². The van der Waals surface area contributed by atoms with Crippen LogP contribution in [0.4, 0.5) is 29.9 Å². The third kappa shape index (κ3) is 5.43. The number of amides is 2. The summed E-state index contributed by atoms with van der Waals surface area (Å²) in [5.41, 5.74) is -0.0507. The summed E-state index contributed by atoms with van der Waals surface area (Å²) >= 11 is 7.10. The average molecular weight is 553 g/mol. The summed E-state index contributed by atoms with van der Waals surface area (Å²) < 4.78 is 62.6. The van der Waals surface area contributed by atoms with Crippen molar-refractivity contribution in [1.29, 1.82) is 0 Å². The Hall–Kier alpha value is -2.71. The second kappa shape index (κ2) is 9.74. The molecule has 1 aliphatic rings. The summed E-state index contributed by atoms with van der Waals surface area (Å²) in [7, 11) is -3.73. The van der Waals surface area contributed by atoms with E-state index >= 15 is 8.78 Å². The molecule has 0 radical (unpaired) electrons. The molecule has 2 aromatic rings. The fourth-order valence-electron chi connectivity index (χ4n) is 3.50. The van der Waals surface area contributed by atoms with Gasteiger partial charge in [-0.1, -0.05) is 11.6 Å². The quantitative estimate of drug-likeness (QED) is 0.542. The van der Waals surface area contributed by atoms with Crippen LogP contribution in [0.2, 0.25) is 5.02 Å². The monoisotopic (exact) mass is 552 g/mol. The molecule has 1 aromatic heterocycles. The zero-order chi connectivity index (χ0) is 26.3. The third-order valence-electron chi connectivity index (χ3n) is 5.14. The highest BCUT2D eigenvalue weighted by Crippen LogP contribution is 2.38. The molecule has 0 spiro atoms. The Bertz CT molecular complexity index is 1240. The molecule has 1 N–H and O–H groups in total. The Balaban J connectivity index is 2.06. The largest absolute Gasteiger partial charge is 0.465 e. The van der Waals surface area contributed by atoms with Gasteiger partial charge in [0, 0.05) is 37.6 Å². The van der Waals surface area contributed by atoms with Crippen LogP contribution < -0.4 is 9.21 Å². The van der Waals surface area contributed by atoms with E-state index < -0.39 is 61.2 Å². The van der Waals surface area contributed by atoms with Crippen LogP contribution in [0.5, 0.6) is 0 Å². The van der Waals surface area contributed by atoms with Gasteiger partial charge in [-0.05, 0) is 27.2 Å². The van der Waals surface area contributed by atoms with Crippen LogP contribution in [0.3, 0.4) is 0 Å². The lowest BCUT2D eigenvalue weighted by Gasteiger charge is -2.29. The van der Waals surface area contributed by atoms with Gasteiger partial charge in [-0.15, -0.1) is 15.6 Å². The molecule has 1 fully saturated rings. The van der Waals surface area contributed by atoms with E-state index in [-0.39, 0.29) is 23.1 Å². The first-order valence-corrected chi connectivity index (χ1v) is 13.0. The standard InChI is InChI=1S/C20H23ClF2N4O6S2/c1-20(2,3)33-19(30)27(14-9-34-10-24-14)35(31,32)17-12(22)7-13(15(21)16(17)23)25(4)11-5-6-26(8-11)18(28)29/h7,9-11H,5-6,8H2,1-4H3,(H,28,29)/t11-/m0/s1. The Labute approximate surface area is 209 Å². The average Bonchev–Trinajstić information content (AvgIpc) is 3.41. The van der Waals surface area contributed by atoms with Gasteiger partial charge in [-0.3, -0.25) is 0 Å². The maximum atomic E-state index is 15.4. The van der Waals surface area contributed by atoms with Crippen molar-refractivity contribution in [3.05, 3.63) is 33.6 Å². The SMILES string of the molecule is CN(c1cc(F)c(S(=O)(=O)N(C(=O)OC(C)(C)C)c2cscn2)c(F)c1Cl)[C@H]1CCN(C(=O)O)C1. The van der Waals surface area contributed by atoms with Gasteiger partial charge in [0.05, 0.1) is 11.2 Å². The smallest absolute Gasteiger partial charge is 0.430 e. The number of likely N-dealkylation sites (tertiary alicyclic amines) is 1. The molecule has 10 nitrogen and oxygen atoms in total. The fraction of sp³-hybridized carbons (Fsp3) is 0.450. The summed E-state index contributed by atoms with van der Waals surface area (Å²) in [6, 6.07) is 0.286. The molecule has 1 atom stereocenters. The predicted octanol–water partition coefficient (Wildman–Crippen LogP) is 4.39. The molecule has 35 heavy (non-hydrogen) atoms. The van der Waals surface area contributed by atoms with Gasteiger partial charge in [0.25, 0.3) is 10.0 Å². The highest BCUT2D eigenvalue weighted by atomic mass is 35.5. The Morgan fingerprint density at radius 2 is 2.00 bits per heavy atom. The van der Waals surface area contributed by atoms with Crippen LogP contribution in [-0.2, 0) is 14.8 Å². The van der Waals surface area contributed by atoms with Gasteiger partial charge in [-0.25, -0.2) is 31.8 Å². The minimum absolute atomic E-state index is 0.0711. The molecule has 1 saturated heterocycles. The second-order valence-corrected chi connectivity index (χ2v) is 11.5. The first kappa shape index (κ1) is 26.9. The number of carboxylic acid groups (broad SMARTS) is 1. The van der Waals surface area contributed by atoms with Crippen molar-refractivity contribution in [2.24, 2.45) is 0 Å². The fourth-order valence-corrected chi connectivity index (χ4v) is 5.82. The van der Waals surface area contributed by atoms with E-state index in [1.165, 1.54) is 43.6 Å². The molecule has 2 amide bonds. The number of nitrogens with zero attached hydrogens (tertiary/aromatic N) is 4. The predicted molar refractivity (Wildman–Crippen MR) is 126 cm³/mol. The number of sulfonamides is 1. The highest BCUT2D eigenvalue weighted by Gasteiger charge is 2.41. The van der Waals surface area contributed by atoms with Crippen LogP contribution in [0.1, 0.15) is 27.2 Å². The summed E-state index contributed by atoms with van der Waals surface area (Å²) in [4.78, 5) is 28.8. The molecular formula is C20H23ClF2N4O6S2. The van der Waals surface area contributed by atoms with E-state index in [4.69, 9.17) is 21.4 Å². The first-order valence-electron chi connectivity index (χ1n) is 10.2. The van der Waals surface area contributed by atoms with Crippen LogP contribution >= 0.6 is 22.9 Å². The van der Waals surface area contributed by atoms with Crippen molar-refractivity contribution >= 4 is 56.7 Å². The number of hydrogen-bond donors (Lipinski definition) is 1. The topological polar surface area (TPSA) is 120 Å². The number of carbonyl (C=O) groups is 2. The maximum absolute atomic E-state index is 15.4. The van der Waals surface area contributed by atoms with Crippen molar-refractivity contribution < 1.29 is 36.6 Å². The molecule has 1 aliphatic heterocycles. The molecule has 2 heterocycles. The molecule has 3 rings (SSSR count). The van der Waals surface area contributed by atoms with E-state index in [1.54, 1.807) is 0 Å². The summed E-state index contributed by atoms with van der Waals surface area (Å²) in [6.45, 7) is 4.77. The number of hydrogen-bond acceptors (Lipinski definition) is 8. The number of rotatable bonds is 5. The van der Waals surface area contributed by atoms with Crippen molar-refractivity contribution in [2.45, 2.75) is 43.7 Å². The Morgan fingerprint density at radius 1 is 1.34 bits per heavy atom. The number of likely N-dealkylation sites (N-methyl/N-ethyl adjacent to an activating group) is 1. The minimum Gasteiger partial charge on any atom is -0.465 e. The van der Waals surface area contributed by atoms with E-state index in [1.807, 2.05) is 0 Å². The van der Waals surface area contributed by atoms with Gasteiger partial charge in [0.1, 0.15) is 16.4 Å². The lowest BCUT2D eigenvalue weighted by Crippen LogP contribution is -2.42. The number of anilines is 2. The van der Waals surface area contributed by atoms with E-state index in [2.05, 4.69) is 4.98 Å².